The summed E-state index contributed by atoms with van der Waals surface area (Å²) in [6.07, 6.45) is 1.96. The van der Waals surface area contributed by atoms with Gasteiger partial charge in [-0.25, -0.2) is 9.59 Å². The summed E-state index contributed by atoms with van der Waals surface area (Å²) in [5.41, 5.74) is -0.855. The molecule has 11 heteroatoms. The Balaban J connectivity index is 1.63. The van der Waals surface area contributed by atoms with E-state index in [9.17, 15) is 24.0 Å². The fraction of sp³-hybridized carbons (Fsp3) is 0.815. The van der Waals surface area contributed by atoms with Crippen molar-refractivity contribution in [2.24, 2.45) is 29.1 Å². The number of amides is 4. The van der Waals surface area contributed by atoms with Crippen LogP contribution in [0.3, 0.4) is 0 Å². The van der Waals surface area contributed by atoms with Gasteiger partial charge in [-0.05, 0) is 63.2 Å². The van der Waals surface area contributed by atoms with Crippen LogP contribution in [0.25, 0.3) is 0 Å². The number of hydrogen-bond donors (Lipinski definition) is 3. The van der Waals surface area contributed by atoms with Crippen molar-refractivity contribution in [3.63, 3.8) is 0 Å². The van der Waals surface area contributed by atoms with Crippen LogP contribution in [0.1, 0.15) is 66.7 Å². The molecule has 212 valence electrons. The van der Waals surface area contributed by atoms with Gasteiger partial charge in [0.15, 0.2) is 0 Å². The fourth-order valence-electron chi connectivity index (χ4n) is 6.66. The van der Waals surface area contributed by atoms with Gasteiger partial charge in [0.2, 0.25) is 17.7 Å². The van der Waals surface area contributed by atoms with Crippen LogP contribution in [0.5, 0.6) is 0 Å². The molecular weight excluding hydrogens is 492 g/mol. The Morgan fingerprint density at radius 3 is 2.42 bits per heavy atom. The first kappa shape index (κ1) is 28.2. The SMILES string of the molecule is COC(=O)[C@@H]1C[C@@H]2C(=O)NC[C@@H]2CCCC[C@H](NC(=O)OC(C)(C)C)C(=O)N2C[C@H]3[C@@H]([C@H]2C(=O)N1)C3(C)C. The van der Waals surface area contributed by atoms with Crippen LogP contribution in [0.4, 0.5) is 4.79 Å². The van der Waals surface area contributed by atoms with Gasteiger partial charge < -0.3 is 30.3 Å². The van der Waals surface area contributed by atoms with Gasteiger partial charge >= 0.3 is 12.1 Å². The average Bonchev–Trinajstić information content (AvgIpc) is 3.13. The summed E-state index contributed by atoms with van der Waals surface area (Å²) < 4.78 is 10.4. The van der Waals surface area contributed by atoms with E-state index >= 15 is 0 Å². The molecule has 0 aromatic carbocycles. The number of rotatable bonds is 2. The minimum atomic E-state index is -1.000. The van der Waals surface area contributed by atoms with E-state index in [1.807, 2.05) is 0 Å². The van der Waals surface area contributed by atoms with Gasteiger partial charge in [0.05, 0.1) is 7.11 Å². The maximum atomic E-state index is 13.8. The number of fused-ring (bicyclic) bond motifs is 4. The van der Waals surface area contributed by atoms with Crippen molar-refractivity contribution in [1.82, 2.24) is 20.9 Å². The van der Waals surface area contributed by atoms with Gasteiger partial charge in [-0.1, -0.05) is 26.7 Å². The predicted octanol–water partition coefficient (Wildman–Crippen LogP) is 1.35. The van der Waals surface area contributed by atoms with Gasteiger partial charge in [0, 0.05) is 19.0 Å². The normalized spacial score (nSPS) is 35.1. The third-order valence-electron chi connectivity index (χ3n) is 8.80. The molecule has 0 bridgehead atoms. The van der Waals surface area contributed by atoms with Crippen LogP contribution in [0.2, 0.25) is 0 Å². The van der Waals surface area contributed by atoms with E-state index < -0.39 is 47.6 Å². The number of carbonyl (C=O) groups excluding carboxylic acids is 5. The zero-order valence-electron chi connectivity index (χ0n) is 23.3. The van der Waals surface area contributed by atoms with E-state index in [0.29, 0.717) is 32.4 Å². The second-order valence-electron chi connectivity index (χ2n) is 12.8. The molecule has 0 unspecified atom stereocenters. The monoisotopic (exact) mass is 534 g/mol. The molecule has 3 heterocycles. The molecule has 3 aliphatic heterocycles. The molecule has 7 atom stereocenters. The molecule has 1 saturated carbocycles. The summed E-state index contributed by atoms with van der Waals surface area (Å²) in [5, 5.41) is 8.46. The Labute approximate surface area is 224 Å². The first-order valence-corrected chi connectivity index (χ1v) is 13.7. The van der Waals surface area contributed by atoms with Crippen molar-refractivity contribution in [2.75, 3.05) is 20.2 Å². The maximum absolute atomic E-state index is 13.8. The topological polar surface area (TPSA) is 143 Å². The van der Waals surface area contributed by atoms with Crippen molar-refractivity contribution < 1.29 is 33.4 Å². The van der Waals surface area contributed by atoms with E-state index in [1.54, 1.807) is 25.7 Å². The third-order valence-corrected chi connectivity index (χ3v) is 8.80. The van der Waals surface area contributed by atoms with Crippen molar-refractivity contribution in [1.29, 1.82) is 0 Å². The molecule has 0 aromatic heterocycles. The second-order valence-corrected chi connectivity index (χ2v) is 12.8. The predicted molar refractivity (Wildman–Crippen MR) is 136 cm³/mol. The number of methoxy groups -OCH3 is 1. The van der Waals surface area contributed by atoms with Gasteiger partial charge in [0.25, 0.3) is 0 Å². The smallest absolute Gasteiger partial charge is 0.408 e. The summed E-state index contributed by atoms with van der Waals surface area (Å²) >= 11 is 0. The van der Waals surface area contributed by atoms with Gasteiger partial charge in [-0.15, -0.1) is 0 Å². The number of nitrogens with one attached hydrogen (secondary N) is 3. The Morgan fingerprint density at radius 1 is 1.08 bits per heavy atom. The molecule has 0 aromatic rings. The maximum Gasteiger partial charge on any atom is 0.408 e. The molecular formula is C27H42N4O7. The molecule has 3 N–H and O–H groups in total. The van der Waals surface area contributed by atoms with E-state index in [2.05, 4.69) is 29.8 Å². The Bertz CT molecular complexity index is 990. The number of piperidine rings is 1. The number of hydrogen-bond acceptors (Lipinski definition) is 7. The lowest BCUT2D eigenvalue weighted by Gasteiger charge is -2.34. The average molecular weight is 535 g/mol. The van der Waals surface area contributed by atoms with E-state index in [4.69, 9.17) is 9.47 Å². The minimum absolute atomic E-state index is 0.00260. The molecule has 38 heavy (non-hydrogen) atoms. The molecule has 4 rings (SSSR count). The highest BCUT2D eigenvalue weighted by Crippen LogP contribution is 2.65. The van der Waals surface area contributed by atoms with Crippen LogP contribution < -0.4 is 16.0 Å². The van der Waals surface area contributed by atoms with E-state index in [1.165, 1.54) is 7.11 Å². The molecule has 1 aliphatic carbocycles. The Kier molecular flexibility index (Phi) is 7.69. The van der Waals surface area contributed by atoms with E-state index in [0.717, 1.165) is 6.42 Å². The first-order valence-electron chi connectivity index (χ1n) is 13.7. The lowest BCUT2D eigenvalue weighted by molar-refractivity contribution is -0.148. The molecule has 3 saturated heterocycles. The highest BCUT2D eigenvalue weighted by atomic mass is 16.6. The lowest BCUT2D eigenvalue weighted by Crippen LogP contribution is -2.58. The van der Waals surface area contributed by atoms with Crippen molar-refractivity contribution in [2.45, 2.75) is 90.4 Å². The third kappa shape index (κ3) is 5.61. The van der Waals surface area contributed by atoms with Crippen LogP contribution in [0, 0.1) is 29.1 Å². The standard InChI is InChI=1S/C27H42N4O7/c1-26(2,3)38-25(36)30-17-10-8-7-9-14-12-28-21(32)15(14)11-18(24(35)37-6)29-22(33)20-19-16(27(19,4)5)13-31(20)23(17)34/h14-20H,7-13H2,1-6H3,(H,28,32)(H,29,33)(H,30,36)/t14-,15-,16-,17-,18-,19-,20-/m0/s1. The van der Waals surface area contributed by atoms with Crippen LogP contribution in [-0.4, -0.2) is 78.6 Å². The minimum Gasteiger partial charge on any atom is -0.467 e. The summed E-state index contributed by atoms with van der Waals surface area (Å²) in [6, 6.07) is -2.63. The van der Waals surface area contributed by atoms with Crippen molar-refractivity contribution in [3.05, 3.63) is 0 Å². The number of esters is 1. The fourth-order valence-corrected chi connectivity index (χ4v) is 6.66. The Morgan fingerprint density at radius 2 is 1.76 bits per heavy atom. The van der Waals surface area contributed by atoms with Gasteiger partial charge in [-0.3, -0.25) is 14.4 Å². The van der Waals surface area contributed by atoms with Crippen LogP contribution in [0.15, 0.2) is 0 Å². The summed E-state index contributed by atoms with van der Waals surface area (Å²) in [7, 11) is 1.25. The van der Waals surface area contributed by atoms with E-state index in [-0.39, 0.29) is 41.4 Å². The molecule has 4 fully saturated rings. The highest BCUT2D eigenvalue weighted by Gasteiger charge is 2.69. The summed E-state index contributed by atoms with van der Waals surface area (Å²) in [5.74, 6) is -1.85. The van der Waals surface area contributed by atoms with Crippen LogP contribution in [-0.2, 0) is 28.7 Å². The molecule has 0 radical (unpaired) electrons. The quantitative estimate of drug-likeness (QED) is 0.454. The lowest BCUT2D eigenvalue weighted by atomic mass is 9.85. The number of nitrogens with zero attached hydrogens (tertiary/aromatic N) is 1. The first-order chi connectivity index (χ1) is 17.7. The number of carbonyl (C=O) groups is 5. The number of ether oxygens (including phenoxy) is 2. The number of alkyl carbamates (subject to hydrolysis) is 1. The zero-order valence-corrected chi connectivity index (χ0v) is 23.3. The second kappa shape index (κ2) is 10.4. The summed E-state index contributed by atoms with van der Waals surface area (Å²) in [6.45, 7) is 10.3. The Hall–Kier alpha value is -2.85. The molecule has 4 amide bonds. The molecule has 4 aliphatic rings. The molecule has 11 nitrogen and oxygen atoms in total. The summed E-state index contributed by atoms with van der Waals surface area (Å²) in [4.78, 5) is 67.1. The van der Waals surface area contributed by atoms with Crippen LogP contribution >= 0.6 is 0 Å². The van der Waals surface area contributed by atoms with Crippen molar-refractivity contribution >= 4 is 29.8 Å². The van der Waals surface area contributed by atoms with Crippen molar-refractivity contribution in [3.8, 4) is 0 Å². The van der Waals surface area contributed by atoms with Gasteiger partial charge in [0.1, 0.15) is 23.7 Å². The van der Waals surface area contributed by atoms with Gasteiger partial charge in [-0.2, -0.15) is 0 Å². The zero-order chi connectivity index (χ0) is 28.0. The largest absolute Gasteiger partial charge is 0.467 e. The highest BCUT2D eigenvalue weighted by molar-refractivity contribution is 5.95. The molecule has 0 spiro atoms.